The summed E-state index contributed by atoms with van der Waals surface area (Å²) in [5.41, 5.74) is 1.21. The molecule has 0 fully saturated rings. The highest BCUT2D eigenvalue weighted by Gasteiger charge is 1.89. The van der Waals surface area contributed by atoms with Crippen LogP contribution in [0, 0.1) is 0 Å². The molecule has 0 saturated carbocycles. The van der Waals surface area contributed by atoms with E-state index in [9.17, 15) is 0 Å². The van der Waals surface area contributed by atoms with Crippen LogP contribution >= 0.6 is 0 Å². The third-order valence-corrected chi connectivity index (χ3v) is 1.31. The second-order valence-corrected chi connectivity index (χ2v) is 2.51. The smallest absolute Gasteiger partial charge is 0.0357 e. The molecule has 1 nitrogen and oxygen atoms in total. The fourth-order valence-electron chi connectivity index (χ4n) is 0.719. The Bertz CT molecular complexity index is 173. The van der Waals surface area contributed by atoms with Gasteiger partial charge in [-0.25, -0.2) is 0 Å². The monoisotopic (exact) mass is 151 g/mol. The molecule has 0 radical (unpaired) electrons. The van der Waals surface area contributed by atoms with Gasteiger partial charge in [0.1, 0.15) is 0 Å². The molecule has 0 unspecified atom stereocenters. The van der Waals surface area contributed by atoms with Crippen molar-refractivity contribution in [2.45, 2.75) is 13.8 Å². The van der Waals surface area contributed by atoms with Crippen LogP contribution in [0.5, 0.6) is 0 Å². The summed E-state index contributed by atoms with van der Waals surface area (Å²) in [4.78, 5) is 2.08. The van der Waals surface area contributed by atoms with Gasteiger partial charge in [0, 0.05) is 19.8 Å². The van der Waals surface area contributed by atoms with E-state index in [2.05, 4.69) is 17.1 Å². The molecular formula is C10H17N. The van der Waals surface area contributed by atoms with E-state index in [0.29, 0.717) is 0 Å². The molecule has 11 heavy (non-hydrogen) atoms. The highest BCUT2D eigenvalue weighted by atomic mass is 15.1. The van der Waals surface area contributed by atoms with Gasteiger partial charge in [-0.05, 0) is 26.0 Å². The van der Waals surface area contributed by atoms with Crippen molar-refractivity contribution in [2.75, 3.05) is 14.1 Å². The van der Waals surface area contributed by atoms with Crippen LogP contribution in [0.3, 0.4) is 0 Å². The third kappa shape index (κ3) is 4.43. The van der Waals surface area contributed by atoms with Crippen molar-refractivity contribution in [1.82, 2.24) is 4.90 Å². The summed E-state index contributed by atoms with van der Waals surface area (Å²) in [5, 5.41) is 0. The van der Waals surface area contributed by atoms with Crippen molar-refractivity contribution in [3.05, 3.63) is 36.1 Å². The Hall–Kier alpha value is -0.980. The maximum atomic E-state index is 2.08. The van der Waals surface area contributed by atoms with Crippen molar-refractivity contribution in [1.29, 1.82) is 0 Å². The lowest BCUT2D eigenvalue weighted by molar-refractivity contribution is 0.530. The molecular weight excluding hydrogens is 134 g/mol. The first-order valence-corrected chi connectivity index (χ1v) is 3.85. The second kappa shape index (κ2) is 5.78. The van der Waals surface area contributed by atoms with Crippen LogP contribution in [0.25, 0.3) is 0 Å². The average Bonchev–Trinajstić information content (AvgIpc) is 1.97. The summed E-state index contributed by atoms with van der Waals surface area (Å²) in [5.74, 6) is 0. The van der Waals surface area contributed by atoms with Crippen molar-refractivity contribution in [3.63, 3.8) is 0 Å². The first-order valence-electron chi connectivity index (χ1n) is 3.85. The predicted molar refractivity (Wildman–Crippen MR) is 51.4 cm³/mol. The van der Waals surface area contributed by atoms with Crippen molar-refractivity contribution >= 4 is 0 Å². The van der Waals surface area contributed by atoms with E-state index < -0.39 is 0 Å². The molecule has 0 aliphatic carbocycles. The van der Waals surface area contributed by atoms with Gasteiger partial charge in [-0.3, -0.25) is 0 Å². The quantitative estimate of drug-likeness (QED) is 0.560. The van der Waals surface area contributed by atoms with Gasteiger partial charge in [0.15, 0.2) is 0 Å². The summed E-state index contributed by atoms with van der Waals surface area (Å²) < 4.78 is 0. The summed E-state index contributed by atoms with van der Waals surface area (Å²) in [7, 11) is 4.07. The maximum Gasteiger partial charge on any atom is 0.0357 e. The van der Waals surface area contributed by atoms with E-state index >= 15 is 0 Å². The van der Waals surface area contributed by atoms with Gasteiger partial charge in [0.25, 0.3) is 0 Å². The summed E-state index contributed by atoms with van der Waals surface area (Å²) in [6.45, 7) is 4.03. The van der Waals surface area contributed by atoms with Crippen molar-refractivity contribution < 1.29 is 0 Å². The Morgan fingerprint density at radius 2 is 1.73 bits per heavy atom. The van der Waals surface area contributed by atoms with E-state index in [1.54, 1.807) is 0 Å². The molecule has 0 aliphatic heterocycles. The minimum Gasteiger partial charge on any atom is -0.378 e. The van der Waals surface area contributed by atoms with Gasteiger partial charge in [0.05, 0.1) is 0 Å². The Labute approximate surface area is 69.7 Å². The van der Waals surface area contributed by atoms with Gasteiger partial charge in [-0.2, -0.15) is 0 Å². The fraction of sp³-hybridized carbons (Fsp3) is 0.400. The number of nitrogens with zero attached hydrogens (tertiary/aromatic N) is 1. The summed E-state index contributed by atoms with van der Waals surface area (Å²) in [6.07, 6.45) is 10.3. The molecule has 0 N–H and O–H groups in total. The molecule has 0 aliphatic rings. The van der Waals surface area contributed by atoms with E-state index in [0.717, 1.165) is 0 Å². The summed E-state index contributed by atoms with van der Waals surface area (Å²) >= 11 is 0. The Balaban J connectivity index is 4.32. The summed E-state index contributed by atoms with van der Waals surface area (Å²) in [6, 6.07) is 0. The number of rotatable bonds is 3. The fourth-order valence-corrected chi connectivity index (χ4v) is 0.719. The minimum atomic E-state index is 1.21. The molecule has 0 saturated heterocycles. The molecule has 0 atom stereocenters. The average molecular weight is 151 g/mol. The molecule has 0 aromatic carbocycles. The lowest BCUT2D eigenvalue weighted by Crippen LogP contribution is -2.08. The topological polar surface area (TPSA) is 3.24 Å². The molecule has 1 heteroatoms. The predicted octanol–water partition coefficient (Wildman–Crippen LogP) is 2.58. The van der Waals surface area contributed by atoms with E-state index in [1.165, 1.54) is 5.70 Å². The molecule has 0 amide bonds. The SMILES string of the molecule is C\C=C/C=C(\C=C/C)N(C)C. The lowest BCUT2D eigenvalue weighted by Gasteiger charge is -2.12. The van der Waals surface area contributed by atoms with Crippen LogP contribution in [0.4, 0.5) is 0 Å². The zero-order valence-electron chi connectivity index (χ0n) is 7.83. The van der Waals surface area contributed by atoms with Crippen LogP contribution in [-0.2, 0) is 0 Å². The van der Waals surface area contributed by atoms with Crippen LogP contribution in [0.1, 0.15) is 13.8 Å². The Morgan fingerprint density at radius 3 is 2.09 bits per heavy atom. The third-order valence-electron chi connectivity index (χ3n) is 1.31. The standard InChI is InChI=1S/C10H17N/c1-5-7-9-10(8-6-2)11(3)4/h5-9H,1-4H3/b7-5-,8-6-,10-9+. The highest BCUT2D eigenvalue weighted by Crippen LogP contribution is 2.00. The number of likely N-dealkylation sites (N-methyl/N-ethyl adjacent to an activating group) is 1. The van der Waals surface area contributed by atoms with Crippen LogP contribution in [-0.4, -0.2) is 19.0 Å². The molecule has 0 aromatic rings. The molecule has 0 bridgehead atoms. The van der Waals surface area contributed by atoms with Crippen LogP contribution in [0.2, 0.25) is 0 Å². The zero-order chi connectivity index (χ0) is 8.69. The lowest BCUT2D eigenvalue weighted by atomic mass is 10.3. The normalized spacial score (nSPS) is 13.3. The van der Waals surface area contributed by atoms with Gasteiger partial charge in [0.2, 0.25) is 0 Å². The van der Waals surface area contributed by atoms with Crippen LogP contribution < -0.4 is 0 Å². The molecule has 62 valence electrons. The minimum absolute atomic E-state index is 1.21. The number of hydrogen-bond donors (Lipinski definition) is 0. The van der Waals surface area contributed by atoms with Crippen molar-refractivity contribution in [3.8, 4) is 0 Å². The van der Waals surface area contributed by atoms with Crippen LogP contribution in [0.15, 0.2) is 36.1 Å². The first-order chi connectivity index (χ1) is 5.22. The number of allylic oxidation sites excluding steroid dienone is 5. The van der Waals surface area contributed by atoms with E-state index in [1.807, 2.05) is 46.2 Å². The number of hydrogen-bond acceptors (Lipinski definition) is 1. The largest absolute Gasteiger partial charge is 0.378 e. The van der Waals surface area contributed by atoms with Gasteiger partial charge < -0.3 is 4.90 Å². The van der Waals surface area contributed by atoms with Gasteiger partial charge in [-0.1, -0.05) is 18.2 Å². The Kier molecular flexibility index (Phi) is 5.26. The van der Waals surface area contributed by atoms with Gasteiger partial charge in [-0.15, -0.1) is 0 Å². The maximum absolute atomic E-state index is 2.08. The van der Waals surface area contributed by atoms with E-state index in [4.69, 9.17) is 0 Å². The van der Waals surface area contributed by atoms with Crippen molar-refractivity contribution in [2.24, 2.45) is 0 Å². The molecule has 0 spiro atoms. The highest BCUT2D eigenvalue weighted by molar-refractivity contribution is 5.21. The second-order valence-electron chi connectivity index (χ2n) is 2.51. The van der Waals surface area contributed by atoms with Gasteiger partial charge >= 0.3 is 0 Å². The Morgan fingerprint density at radius 1 is 1.09 bits per heavy atom. The van der Waals surface area contributed by atoms with E-state index in [-0.39, 0.29) is 0 Å². The molecule has 0 rings (SSSR count). The molecule has 0 heterocycles. The zero-order valence-corrected chi connectivity index (χ0v) is 7.83. The first kappa shape index (κ1) is 10.0. The molecule has 0 aromatic heterocycles.